The molecule has 216 valence electrons. The third-order valence-corrected chi connectivity index (χ3v) is 6.51. The first-order chi connectivity index (χ1) is 20.0. The fraction of sp³-hybridized carbons (Fsp3) is 0.179. The van der Waals surface area contributed by atoms with Crippen molar-refractivity contribution in [1.82, 2.24) is 29.1 Å². The molecule has 2 heterocycles. The van der Waals surface area contributed by atoms with Crippen LogP contribution in [0.4, 0.5) is 18.9 Å². The Morgan fingerprint density at radius 2 is 1.79 bits per heavy atom. The monoisotopic (exact) mass is 597 g/mol. The van der Waals surface area contributed by atoms with Crippen molar-refractivity contribution in [2.45, 2.75) is 32.3 Å². The number of rotatable bonds is 8. The van der Waals surface area contributed by atoms with Crippen LogP contribution >= 0.6 is 11.6 Å². The topological polar surface area (TPSA) is 120 Å². The van der Waals surface area contributed by atoms with Crippen LogP contribution in [0, 0.1) is 6.92 Å². The van der Waals surface area contributed by atoms with Gasteiger partial charge in [-0.3, -0.25) is 9.36 Å². The van der Waals surface area contributed by atoms with Gasteiger partial charge in [0.25, 0.3) is 5.91 Å². The van der Waals surface area contributed by atoms with Gasteiger partial charge in [0, 0.05) is 16.3 Å². The standard InChI is InChI=1S/C28H23ClF3N7O3/c1-17-5-4-6-20(13-17)34-26(41)21-7-2-3-8-22(21)39-16-33-24(35-39)15-38-27(42)37(14-23(40)28(30,31)32)25(36-38)18-9-11-19(29)12-10-18/h2-13,16,23,40H,14-15H2,1H3,(H,34,41). The molecule has 10 nitrogen and oxygen atoms in total. The molecule has 0 fully saturated rings. The molecule has 14 heteroatoms. The Morgan fingerprint density at radius 3 is 2.50 bits per heavy atom. The van der Waals surface area contributed by atoms with Crippen LogP contribution in [-0.4, -0.2) is 52.4 Å². The minimum Gasteiger partial charge on any atom is -0.382 e. The molecule has 0 saturated heterocycles. The Labute approximate surface area is 241 Å². The summed E-state index contributed by atoms with van der Waals surface area (Å²) in [6.45, 7) is 0.552. The number of carbonyl (C=O) groups excluding carboxylic acids is 1. The van der Waals surface area contributed by atoms with Crippen LogP contribution in [0.3, 0.4) is 0 Å². The molecule has 0 spiro atoms. The predicted octanol–water partition coefficient (Wildman–Crippen LogP) is 4.48. The van der Waals surface area contributed by atoms with Crippen LogP contribution in [0.25, 0.3) is 17.1 Å². The molecule has 2 N–H and O–H groups in total. The third kappa shape index (κ3) is 6.26. The second-order valence-electron chi connectivity index (χ2n) is 9.38. The van der Waals surface area contributed by atoms with Crippen molar-refractivity contribution in [1.29, 1.82) is 0 Å². The Balaban J connectivity index is 1.44. The quantitative estimate of drug-likeness (QED) is 0.272. The van der Waals surface area contributed by atoms with E-state index < -0.39 is 24.5 Å². The summed E-state index contributed by atoms with van der Waals surface area (Å²) in [6.07, 6.45) is -6.39. The lowest BCUT2D eigenvalue weighted by Crippen LogP contribution is -2.37. The maximum atomic E-state index is 13.2. The summed E-state index contributed by atoms with van der Waals surface area (Å²) < 4.78 is 42.4. The van der Waals surface area contributed by atoms with Crippen molar-refractivity contribution < 1.29 is 23.1 Å². The molecule has 5 aromatic rings. The van der Waals surface area contributed by atoms with Gasteiger partial charge >= 0.3 is 11.9 Å². The zero-order valence-electron chi connectivity index (χ0n) is 22.0. The van der Waals surface area contributed by atoms with Gasteiger partial charge in [0.1, 0.15) is 12.9 Å². The van der Waals surface area contributed by atoms with Gasteiger partial charge in [0.2, 0.25) is 0 Å². The molecular weight excluding hydrogens is 575 g/mol. The van der Waals surface area contributed by atoms with Crippen molar-refractivity contribution in [2.24, 2.45) is 0 Å². The van der Waals surface area contributed by atoms with Crippen molar-refractivity contribution in [3.05, 3.63) is 112 Å². The second-order valence-corrected chi connectivity index (χ2v) is 9.82. The lowest BCUT2D eigenvalue weighted by molar-refractivity contribution is -0.207. The van der Waals surface area contributed by atoms with Crippen LogP contribution in [0.2, 0.25) is 5.02 Å². The molecule has 0 saturated carbocycles. The van der Waals surface area contributed by atoms with Gasteiger partial charge in [-0.15, -0.1) is 10.2 Å². The van der Waals surface area contributed by atoms with Crippen molar-refractivity contribution >= 4 is 23.2 Å². The Kier molecular flexibility index (Phi) is 7.96. The summed E-state index contributed by atoms with van der Waals surface area (Å²) in [4.78, 5) is 30.4. The maximum absolute atomic E-state index is 13.2. The Morgan fingerprint density at radius 1 is 1.05 bits per heavy atom. The summed E-state index contributed by atoms with van der Waals surface area (Å²) in [5, 5.41) is 21.5. The van der Waals surface area contributed by atoms with Gasteiger partial charge in [-0.25, -0.2) is 19.1 Å². The van der Waals surface area contributed by atoms with Crippen LogP contribution in [0.5, 0.6) is 0 Å². The number of carbonyl (C=O) groups is 1. The molecule has 0 aliphatic carbocycles. The molecule has 42 heavy (non-hydrogen) atoms. The van der Waals surface area contributed by atoms with Crippen molar-refractivity contribution in [3.63, 3.8) is 0 Å². The molecule has 1 unspecified atom stereocenters. The van der Waals surface area contributed by atoms with E-state index in [2.05, 4.69) is 20.5 Å². The van der Waals surface area contributed by atoms with E-state index in [0.717, 1.165) is 14.8 Å². The summed E-state index contributed by atoms with van der Waals surface area (Å²) >= 11 is 5.93. The molecule has 2 aromatic heterocycles. The van der Waals surface area contributed by atoms with Gasteiger partial charge < -0.3 is 10.4 Å². The van der Waals surface area contributed by atoms with Gasteiger partial charge in [0.15, 0.2) is 17.8 Å². The zero-order valence-corrected chi connectivity index (χ0v) is 22.7. The van der Waals surface area contributed by atoms with Crippen LogP contribution < -0.4 is 11.0 Å². The Hall–Kier alpha value is -4.75. The van der Waals surface area contributed by atoms with Gasteiger partial charge in [-0.05, 0) is 61.0 Å². The number of nitrogens with zero attached hydrogens (tertiary/aromatic N) is 6. The van der Waals surface area contributed by atoms with Crippen molar-refractivity contribution in [2.75, 3.05) is 5.32 Å². The lowest BCUT2D eigenvalue weighted by Gasteiger charge is -2.15. The molecule has 0 bridgehead atoms. The highest BCUT2D eigenvalue weighted by molar-refractivity contribution is 6.30. The van der Waals surface area contributed by atoms with Gasteiger partial charge in [-0.2, -0.15) is 13.2 Å². The first-order valence-corrected chi connectivity index (χ1v) is 12.9. The second kappa shape index (κ2) is 11.6. The number of para-hydroxylation sites is 1. The van der Waals surface area contributed by atoms with Gasteiger partial charge in [0.05, 0.1) is 17.8 Å². The van der Waals surface area contributed by atoms with E-state index in [1.165, 1.54) is 35.3 Å². The number of amides is 1. The number of aromatic nitrogens is 6. The summed E-state index contributed by atoms with van der Waals surface area (Å²) in [5.74, 6) is -0.369. The zero-order chi connectivity index (χ0) is 30.0. The number of aliphatic hydroxyl groups excluding tert-OH is 1. The van der Waals surface area contributed by atoms with E-state index in [9.17, 15) is 27.9 Å². The molecule has 5 rings (SSSR count). The predicted molar refractivity (Wildman–Crippen MR) is 149 cm³/mol. The highest BCUT2D eigenvalue weighted by Crippen LogP contribution is 2.24. The molecule has 1 amide bonds. The number of hydrogen-bond acceptors (Lipinski definition) is 6. The molecular formula is C28H23ClF3N7O3. The van der Waals surface area contributed by atoms with E-state index in [4.69, 9.17) is 11.6 Å². The SMILES string of the molecule is Cc1cccc(NC(=O)c2ccccc2-n2cnc(Cn3nc(-c4ccc(Cl)cc4)n(CC(O)C(F)(F)F)c3=O)n2)c1. The average molecular weight is 598 g/mol. The number of aryl methyl sites for hydroxylation is 1. The molecule has 0 aliphatic rings. The number of benzene rings is 3. The van der Waals surface area contributed by atoms with Crippen molar-refractivity contribution in [3.8, 4) is 17.1 Å². The molecule has 0 radical (unpaired) electrons. The fourth-order valence-electron chi connectivity index (χ4n) is 4.20. The first kappa shape index (κ1) is 28.8. The number of halogens is 4. The van der Waals surface area contributed by atoms with Crippen LogP contribution in [0.15, 0.2) is 83.9 Å². The number of nitrogens with one attached hydrogen (secondary N) is 1. The van der Waals surface area contributed by atoms with E-state index in [-0.39, 0.29) is 24.1 Å². The smallest absolute Gasteiger partial charge is 0.382 e. The van der Waals surface area contributed by atoms with Gasteiger partial charge in [-0.1, -0.05) is 35.9 Å². The average Bonchev–Trinajstić information content (AvgIpc) is 3.53. The number of aliphatic hydroxyl groups is 1. The maximum Gasteiger partial charge on any atom is 0.416 e. The number of hydrogen-bond donors (Lipinski definition) is 2. The van der Waals surface area contributed by atoms with E-state index in [0.29, 0.717) is 27.5 Å². The molecule has 3 aromatic carbocycles. The summed E-state index contributed by atoms with van der Waals surface area (Å²) in [7, 11) is 0. The van der Waals surface area contributed by atoms with Crippen LogP contribution in [0.1, 0.15) is 21.7 Å². The highest BCUT2D eigenvalue weighted by atomic mass is 35.5. The summed E-state index contributed by atoms with van der Waals surface area (Å²) in [5.41, 5.74) is 1.73. The largest absolute Gasteiger partial charge is 0.416 e. The van der Waals surface area contributed by atoms with Crippen LogP contribution in [-0.2, 0) is 13.1 Å². The summed E-state index contributed by atoms with van der Waals surface area (Å²) in [6, 6.07) is 20.0. The number of anilines is 1. The number of alkyl halides is 3. The van der Waals surface area contributed by atoms with E-state index in [1.54, 1.807) is 30.3 Å². The van der Waals surface area contributed by atoms with E-state index in [1.807, 2.05) is 25.1 Å². The first-order valence-electron chi connectivity index (χ1n) is 12.6. The fourth-order valence-corrected chi connectivity index (χ4v) is 4.33. The lowest BCUT2D eigenvalue weighted by atomic mass is 10.1. The highest BCUT2D eigenvalue weighted by Gasteiger charge is 2.39. The molecule has 0 aliphatic heterocycles. The Bertz CT molecular complexity index is 1800. The molecule has 1 atom stereocenters. The minimum atomic E-state index is -4.95. The van der Waals surface area contributed by atoms with E-state index >= 15 is 0 Å². The normalized spacial score (nSPS) is 12.3. The minimum absolute atomic E-state index is 0.0995. The third-order valence-electron chi connectivity index (χ3n) is 6.26.